The average Bonchev–Trinajstić information content (AvgIpc) is 2.33. The highest BCUT2D eigenvalue weighted by Crippen LogP contribution is 1.98. The lowest BCUT2D eigenvalue weighted by atomic mass is 10.2. The molecule has 0 aliphatic rings. The second kappa shape index (κ2) is 9.72. The molecule has 0 heterocycles. The number of allylic oxidation sites excluding steroid dienone is 1. The molecule has 2 amide bonds. The number of carbonyl (C=O) groups is 2. The Bertz CT molecular complexity index is 287. The molecule has 0 aromatic heterocycles. The molecule has 0 aromatic carbocycles. The first kappa shape index (κ1) is 15.5. The van der Waals surface area contributed by atoms with Crippen molar-refractivity contribution in [2.45, 2.75) is 19.8 Å². The van der Waals surface area contributed by atoms with E-state index in [2.05, 4.69) is 17.0 Å². The fourth-order valence-electron chi connectivity index (χ4n) is 1.33. The number of aliphatic imine (C=N–C) groups is 1. The van der Waals surface area contributed by atoms with Crippen molar-refractivity contribution in [3.05, 3.63) is 12.2 Å². The standard InChI is InChI=1S/C12H21N3O2/c1-4-6-12(17)15(10-8-13-2)9-5-7-11(16)14-3/h4,6,13H,3,5,7-10H2,1-2H3/b6-4+. The van der Waals surface area contributed by atoms with Crippen LogP contribution in [0.15, 0.2) is 17.1 Å². The van der Waals surface area contributed by atoms with Crippen molar-refractivity contribution in [3.63, 3.8) is 0 Å². The lowest BCUT2D eigenvalue weighted by Gasteiger charge is -2.20. The van der Waals surface area contributed by atoms with Crippen LogP contribution in [0.25, 0.3) is 0 Å². The van der Waals surface area contributed by atoms with Crippen molar-refractivity contribution in [1.29, 1.82) is 0 Å². The molecule has 5 heteroatoms. The monoisotopic (exact) mass is 239 g/mol. The van der Waals surface area contributed by atoms with Crippen molar-refractivity contribution < 1.29 is 9.59 Å². The van der Waals surface area contributed by atoms with E-state index in [9.17, 15) is 9.59 Å². The van der Waals surface area contributed by atoms with Gasteiger partial charge >= 0.3 is 0 Å². The minimum Gasteiger partial charge on any atom is -0.338 e. The summed E-state index contributed by atoms with van der Waals surface area (Å²) >= 11 is 0. The molecular weight excluding hydrogens is 218 g/mol. The number of likely N-dealkylation sites (N-methyl/N-ethyl adjacent to an activating group) is 1. The predicted octanol–water partition coefficient (Wildman–Crippen LogP) is 0.618. The van der Waals surface area contributed by atoms with Gasteiger partial charge in [-0.1, -0.05) is 6.08 Å². The number of hydrogen-bond acceptors (Lipinski definition) is 3. The summed E-state index contributed by atoms with van der Waals surface area (Å²) in [7, 11) is 1.84. The molecule has 0 spiro atoms. The van der Waals surface area contributed by atoms with E-state index < -0.39 is 0 Å². The van der Waals surface area contributed by atoms with Crippen LogP contribution in [0, 0.1) is 0 Å². The van der Waals surface area contributed by atoms with E-state index in [1.54, 1.807) is 17.9 Å². The van der Waals surface area contributed by atoms with Crippen LogP contribution in [0.2, 0.25) is 0 Å². The summed E-state index contributed by atoms with van der Waals surface area (Å²) in [5.74, 6) is -0.251. The van der Waals surface area contributed by atoms with Crippen molar-refractivity contribution in [2.75, 3.05) is 26.7 Å². The zero-order valence-corrected chi connectivity index (χ0v) is 10.6. The molecule has 0 saturated carbocycles. The van der Waals surface area contributed by atoms with Gasteiger partial charge in [0.1, 0.15) is 0 Å². The summed E-state index contributed by atoms with van der Waals surface area (Å²) in [6.45, 7) is 6.91. The number of rotatable bonds is 8. The van der Waals surface area contributed by atoms with Gasteiger partial charge in [0.15, 0.2) is 0 Å². The molecule has 0 unspecified atom stereocenters. The molecule has 5 nitrogen and oxygen atoms in total. The van der Waals surface area contributed by atoms with Gasteiger partial charge in [-0.15, -0.1) is 0 Å². The maximum Gasteiger partial charge on any atom is 0.246 e. The second-order valence-corrected chi connectivity index (χ2v) is 3.58. The van der Waals surface area contributed by atoms with Gasteiger partial charge in [-0.05, 0) is 33.2 Å². The van der Waals surface area contributed by atoms with Gasteiger partial charge in [0, 0.05) is 26.1 Å². The van der Waals surface area contributed by atoms with Crippen LogP contribution in [0.4, 0.5) is 0 Å². The first-order valence-corrected chi connectivity index (χ1v) is 5.71. The Morgan fingerprint density at radius 3 is 2.65 bits per heavy atom. The molecule has 96 valence electrons. The Kier molecular flexibility index (Phi) is 8.86. The third-order valence-corrected chi connectivity index (χ3v) is 2.25. The molecule has 1 N–H and O–H groups in total. The summed E-state index contributed by atoms with van der Waals surface area (Å²) in [5.41, 5.74) is 0. The first-order valence-electron chi connectivity index (χ1n) is 5.71. The summed E-state index contributed by atoms with van der Waals surface area (Å²) in [5, 5.41) is 2.99. The molecule has 0 aliphatic carbocycles. The van der Waals surface area contributed by atoms with Crippen LogP contribution in [-0.2, 0) is 9.59 Å². The van der Waals surface area contributed by atoms with Crippen molar-refractivity contribution in [2.24, 2.45) is 4.99 Å². The van der Waals surface area contributed by atoms with Gasteiger partial charge in [-0.2, -0.15) is 0 Å². The van der Waals surface area contributed by atoms with Crippen LogP contribution in [-0.4, -0.2) is 50.1 Å². The molecule has 0 rings (SSSR count). The molecular formula is C12H21N3O2. The SMILES string of the molecule is C=NC(=O)CCCN(CCNC)C(=O)/C=C/C. The van der Waals surface area contributed by atoms with E-state index in [4.69, 9.17) is 0 Å². The van der Waals surface area contributed by atoms with Crippen LogP contribution in [0.5, 0.6) is 0 Å². The van der Waals surface area contributed by atoms with Crippen molar-refractivity contribution in [3.8, 4) is 0 Å². The summed E-state index contributed by atoms with van der Waals surface area (Å²) < 4.78 is 0. The third-order valence-electron chi connectivity index (χ3n) is 2.25. The smallest absolute Gasteiger partial charge is 0.246 e. The van der Waals surface area contributed by atoms with Gasteiger partial charge in [0.05, 0.1) is 0 Å². The van der Waals surface area contributed by atoms with Gasteiger partial charge in [-0.25, -0.2) is 4.99 Å². The van der Waals surface area contributed by atoms with E-state index in [-0.39, 0.29) is 11.8 Å². The largest absolute Gasteiger partial charge is 0.338 e. The van der Waals surface area contributed by atoms with Gasteiger partial charge in [0.2, 0.25) is 11.8 Å². The van der Waals surface area contributed by atoms with Crippen LogP contribution in [0.3, 0.4) is 0 Å². The lowest BCUT2D eigenvalue weighted by molar-refractivity contribution is -0.126. The zero-order valence-electron chi connectivity index (χ0n) is 10.6. The number of carbonyl (C=O) groups excluding carboxylic acids is 2. The first-order chi connectivity index (χ1) is 8.15. The van der Waals surface area contributed by atoms with Crippen molar-refractivity contribution >= 4 is 18.5 Å². The number of hydrogen-bond donors (Lipinski definition) is 1. The zero-order chi connectivity index (χ0) is 13.1. The van der Waals surface area contributed by atoms with Crippen LogP contribution < -0.4 is 5.32 Å². The Hall–Kier alpha value is -1.49. The van der Waals surface area contributed by atoms with E-state index in [0.29, 0.717) is 25.9 Å². The number of amides is 2. The third kappa shape index (κ3) is 7.41. The lowest BCUT2D eigenvalue weighted by Crippen LogP contribution is -2.36. The molecule has 17 heavy (non-hydrogen) atoms. The fourth-order valence-corrected chi connectivity index (χ4v) is 1.33. The molecule has 0 aliphatic heterocycles. The number of nitrogens with zero attached hydrogens (tertiary/aromatic N) is 2. The normalized spacial score (nSPS) is 10.5. The second-order valence-electron chi connectivity index (χ2n) is 3.58. The van der Waals surface area contributed by atoms with Crippen molar-refractivity contribution in [1.82, 2.24) is 10.2 Å². The highest BCUT2D eigenvalue weighted by molar-refractivity contribution is 5.87. The van der Waals surface area contributed by atoms with Gasteiger partial charge in [-0.3, -0.25) is 9.59 Å². The minimum absolute atomic E-state index is 0.0261. The van der Waals surface area contributed by atoms with E-state index in [1.165, 1.54) is 6.08 Å². The summed E-state index contributed by atoms with van der Waals surface area (Å²) in [4.78, 5) is 27.7. The summed E-state index contributed by atoms with van der Waals surface area (Å²) in [6, 6.07) is 0. The average molecular weight is 239 g/mol. The highest BCUT2D eigenvalue weighted by atomic mass is 16.2. The van der Waals surface area contributed by atoms with E-state index in [0.717, 1.165) is 6.54 Å². The predicted molar refractivity (Wildman–Crippen MR) is 69.1 cm³/mol. The van der Waals surface area contributed by atoms with E-state index >= 15 is 0 Å². The van der Waals surface area contributed by atoms with Crippen LogP contribution in [0.1, 0.15) is 19.8 Å². The minimum atomic E-state index is -0.225. The topological polar surface area (TPSA) is 61.8 Å². The molecule has 0 radical (unpaired) electrons. The van der Waals surface area contributed by atoms with E-state index in [1.807, 2.05) is 7.05 Å². The maximum absolute atomic E-state index is 11.7. The summed E-state index contributed by atoms with van der Waals surface area (Å²) in [6.07, 6.45) is 4.20. The van der Waals surface area contributed by atoms with Gasteiger partial charge < -0.3 is 10.2 Å². The molecule has 0 fully saturated rings. The maximum atomic E-state index is 11.7. The quantitative estimate of drug-likeness (QED) is 0.499. The molecule has 0 saturated heterocycles. The fraction of sp³-hybridized carbons (Fsp3) is 0.583. The Labute approximate surface area is 103 Å². The highest BCUT2D eigenvalue weighted by Gasteiger charge is 2.10. The molecule has 0 aromatic rings. The Morgan fingerprint density at radius 1 is 1.41 bits per heavy atom. The number of nitrogens with one attached hydrogen (secondary N) is 1. The molecule has 0 atom stereocenters. The Morgan fingerprint density at radius 2 is 2.12 bits per heavy atom. The molecule has 0 bridgehead atoms. The Balaban J connectivity index is 4.13. The van der Waals surface area contributed by atoms with Gasteiger partial charge in [0.25, 0.3) is 0 Å². The van der Waals surface area contributed by atoms with Crippen LogP contribution >= 0.6 is 0 Å².